The van der Waals surface area contributed by atoms with Crippen LogP contribution in [0.2, 0.25) is 0 Å². The number of halogens is 2. The Kier molecular flexibility index (Phi) is 3.34. The van der Waals surface area contributed by atoms with Gasteiger partial charge in [0.15, 0.2) is 0 Å². The van der Waals surface area contributed by atoms with Crippen LogP contribution in [0.25, 0.3) is 0 Å². The Morgan fingerprint density at radius 1 is 1.43 bits per heavy atom. The molecule has 0 saturated heterocycles. The average Bonchev–Trinajstić information content (AvgIpc) is 2.10. The minimum atomic E-state index is -0.859. The molecule has 5 heteroatoms. The molecule has 0 spiro atoms. The second-order valence-corrected chi connectivity index (χ2v) is 4.97. The van der Waals surface area contributed by atoms with Gasteiger partial charge in [0.2, 0.25) is 0 Å². The molecule has 0 fully saturated rings. The summed E-state index contributed by atoms with van der Waals surface area (Å²) in [4.78, 5) is 10.7. The van der Waals surface area contributed by atoms with Gasteiger partial charge in [-0.1, -0.05) is 0 Å². The molecule has 0 aromatic heterocycles. The zero-order chi connectivity index (χ0) is 10.7. The van der Waals surface area contributed by atoms with Crippen LogP contribution in [0.4, 0.5) is 8.78 Å². The fourth-order valence-corrected chi connectivity index (χ4v) is 2.13. The second kappa shape index (κ2) is 4.32. The Morgan fingerprint density at radius 3 is 2.29 bits per heavy atom. The third kappa shape index (κ3) is 2.38. The summed E-state index contributed by atoms with van der Waals surface area (Å²) in [5.74, 6) is -1.64. The number of carbonyl (C=O) groups excluding carboxylic acids is 1. The summed E-state index contributed by atoms with van der Waals surface area (Å²) in [5.41, 5.74) is -0.0805. The number of carbonyl (C=O) groups is 1. The van der Waals surface area contributed by atoms with Crippen LogP contribution in [0.5, 0.6) is 0 Å². The molecule has 0 unspecified atom stereocenters. The van der Waals surface area contributed by atoms with Crippen molar-refractivity contribution in [3.8, 4) is 6.07 Å². The van der Waals surface area contributed by atoms with E-state index in [0.29, 0.717) is 0 Å². The monoisotopic (exact) mass is 261 g/mol. The maximum atomic E-state index is 13.1. The molecule has 0 aliphatic heterocycles. The summed E-state index contributed by atoms with van der Waals surface area (Å²) >= 11 is -0.859. The van der Waals surface area contributed by atoms with Crippen molar-refractivity contribution >= 4 is 24.1 Å². The molecule has 14 heavy (non-hydrogen) atoms. The fraction of sp³-hybridized carbons (Fsp3) is 0.111. The van der Waals surface area contributed by atoms with Gasteiger partial charge in [0, 0.05) is 0 Å². The molecule has 1 aromatic rings. The number of hydrogen-bond donors (Lipinski definition) is 0. The summed E-state index contributed by atoms with van der Waals surface area (Å²) in [6.07, 6.45) is 0. The van der Waals surface area contributed by atoms with Gasteiger partial charge in [-0.2, -0.15) is 0 Å². The van der Waals surface area contributed by atoms with Crippen LogP contribution < -0.4 is 4.46 Å². The Bertz CT molecular complexity index is 402. The zero-order valence-electron chi connectivity index (χ0n) is 7.17. The molecule has 0 heterocycles. The van der Waals surface area contributed by atoms with E-state index in [4.69, 9.17) is 5.26 Å². The zero-order valence-corrected chi connectivity index (χ0v) is 8.89. The van der Waals surface area contributed by atoms with Crippen molar-refractivity contribution in [1.29, 1.82) is 5.26 Å². The molecule has 0 bridgehead atoms. The van der Waals surface area contributed by atoms with E-state index in [9.17, 15) is 13.6 Å². The molecule has 2 nitrogen and oxygen atoms in total. The summed E-state index contributed by atoms with van der Waals surface area (Å²) in [5, 5.41) is 8.41. The number of benzene rings is 1. The van der Waals surface area contributed by atoms with Gasteiger partial charge in [0.25, 0.3) is 0 Å². The molecule has 0 aliphatic carbocycles. The minimum absolute atomic E-state index is 0.0805. The van der Waals surface area contributed by atoms with Crippen LogP contribution in [0.1, 0.15) is 12.5 Å². The first-order chi connectivity index (χ1) is 6.54. The van der Waals surface area contributed by atoms with Gasteiger partial charge in [-0.05, 0) is 0 Å². The van der Waals surface area contributed by atoms with Crippen molar-refractivity contribution in [3.05, 3.63) is 29.3 Å². The second-order valence-electron chi connectivity index (χ2n) is 2.47. The normalized spacial score (nSPS) is 9.57. The summed E-state index contributed by atoms with van der Waals surface area (Å²) < 4.78 is 25.8. The van der Waals surface area contributed by atoms with Crippen LogP contribution in [-0.4, -0.2) is 19.6 Å². The first-order valence-corrected chi connectivity index (χ1v) is 5.33. The molecular weight excluding hydrogens is 255 g/mol. The topological polar surface area (TPSA) is 40.9 Å². The molecule has 1 rings (SSSR count). The first kappa shape index (κ1) is 10.8. The van der Waals surface area contributed by atoms with E-state index < -0.39 is 26.6 Å². The van der Waals surface area contributed by atoms with Crippen LogP contribution in [0.15, 0.2) is 12.1 Å². The molecular formula is C9H5F2NOSe. The molecule has 0 amide bonds. The molecule has 0 radical (unpaired) electrons. The van der Waals surface area contributed by atoms with E-state index in [1.165, 1.54) is 6.92 Å². The van der Waals surface area contributed by atoms with E-state index in [2.05, 4.69) is 0 Å². The summed E-state index contributed by atoms with van der Waals surface area (Å²) in [7, 11) is 0. The first-order valence-electron chi connectivity index (χ1n) is 3.62. The number of nitriles is 1. The van der Waals surface area contributed by atoms with E-state index in [-0.39, 0.29) is 14.7 Å². The van der Waals surface area contributed by atoms with Gasteiger partial charge in [-0.15, -0.1) is 0 Å². The molecule has 0 aliphatic rings. The Balaban J connectivity index is 3.19. The van der Waals surface area contributed by atoms with Crippen LogP contribution >= 0.6 is 0 Å². The molecule has 0 saturated carbocycles. The van der Waals surface area contributed by atoms with Crippen molar-refractivity contribution in [2.75, 3.05) is 0 Å². The van der Waals surface area contributed by atoms with Crippen LogP contribution in [0, 0.1) is 23.0 Å². The van der Waals surface area contributed by atoms with Crippen molar-refractivity contribution in [1.82, 2.24) is 0 Å². The van der Waals surface area contributed by atoms with Crippen molar-refractivity contribution in [2.24, 2.45) is 0 Å². The number of rotatable bonds is 2. The standard InChI is InChI=1S/C9H5F2NOSe/c1-5(13)14-9-7(10)2-6(4-12)3-8(9)11/h2-3H,1H3. The van der Waals surface area contributed by atoms with E-state index in [1.54, 1.807) is 6.07 Å². The predicted octanol–water partition coefficient (Wildman–Crippen LogP) is 0.712. The number of hydrogen-bond acceptors (Lipinski definition) is 2. The van der Waals surface area contributed by atoms with Gasteiger partial charge in [-0.25, -0.2) is 0 Å². The van der Waals surface area contributed by atoms with Crippen molar-refractivity contribution in [3.63, 3.8) is 0 Å². The molecule has 0 atom stereocenters. The Hall–Kier alpha value is -1.24. The molecule has 1 aromatic carbocycles. The van der Waals surface area contributed by atoms with Crippen LogP contribution in [-0.2, 0) is 4.79 Å². The summed E-state index contributed by atoms with van der Waals surface area (Å²) in [6.45, 7) is 1.27. The van der Waals surface area contributed by atoms with E-state index in [0.717, 1.165) is 12.1 Å². The van der Waals surface area contributed by atoms with Gasteiger partial charge in [-0.3, -0.25) is 0 Å². The average molecular weight is 260 g/mol. The van der Waals surface area contributed by atoms with Crippen molar-refractivity contribution in [2.45, 2.75) is 6.92 Å². The quantitative estimate of drug-likeness (QED) is 0.735. The van der Waals surface area contributed by atoms with Gasteiger partial charge < -0.3 is 0 Å². The Labute approximate surface area is 85.7 Å². The van der Waals surface area contributed by atoms with E-state index >= 15 is 0 Å². The SMILES string of the molecule is CC(=O)[Se]c1c(F)cc(C#N)cc1F. The Morgan fingerprint density at radius 2 is 1.93 bits per heavy atom. The summed E-state index contributed by atoms with van der Waals surface area (Å²) in [6, 6.07) is 3.50. The maximum absolute atomic E-state index is 13.1. The molecule has 0 N–H and O–H groups in total. The van der Waals surface area contributed by atoms with E-state index in [1.807, 2.05) is 0 Å². The van der Waals surface area contributed by atoms with Gasteiger partial charge >= 0.3 is 85.3 Å². The third-order valence-corrected chi connectivity index (χ3v) is 3.22. The van der Waals surface area contributed by atoms with Crippen LogP contribution in [0.3, 0.4) is 0 Å². The van der Waals surface area contributed by atoms with Crippen molar-refractivity contribution < 1.29 is 13.6 Å². The number of nitrogens with zero attached hydrogens (tertiary/aromatic N) is 1. The third-order valence-electron chi connectivity index (χ3n) is 1.37. The van der Waals surface area contributed by atoms with Gasteiger partial charge in [0.1, 0.15) is 0 Å². The predicted molar refractivity (Wildman–Crippen MR) is 47.1 cm³/mol. The fourth-order valence-electron chi connectivity index (χ4n) is 0.866. The molecule has 72 valence electrons. The van der Waals surface area contributed by atoms with Gasteiger partial charge in [0.05, 0.1) is 0 Å².